The first-order valence-corrected chi connectivity index (χ1v) is 7.60. The fourth-order valence-corrected chi connectivity index (χ4v) is 3.29. The van der Waals surface area contributed by atoms with Gasteiger partial charge in [0.15, 0.2) is 9.84 Å². The van der Waals surface area contributed by atoms with Crippen LogP contribution in [0, 0.1) is 15.2 Å². The summed E-state index contributed by atoms with van der Waals surface area (Å²) < 4.78 is 49.3. The Morgan fingerprint density at radius 3 is 2.50 bits per heavy atom. The standard InChI is InChI=1S/C10H11F2IO2S/c1-2-5-16(14,15)6-7-3-4-8(11)10(13)9(7)12/h3-4H,2,5-6H2,1H3. The van der Waals surface area contributed by atoms with Gasteiger partial charge >= 0.3 is 0 Å². The summed E-state index contributed by atoms with van der Waals surface area (Å²) in [6.45, 7) is 1.74. The van der Waals surface area contributed by atoms with Gasteiger partial charge in [0.2, 0.25) is 0 Å². The molecular formula is C10H11F2IO2S. The van der Waals surface area contributed by atoms with Crippen LogP contribution in [0.5, 0.6) is 0 Å². The minimum Gasteiger partial charge on any atom is -0.228 e. The molecule has 2 nitrogen and oxygen atoms in total. The molecule has 0 aliphatic rings. The molecule has 1 rings (SSSR count). The van der Waals surface area contributed by atoms with Crippen molar-refractivity contribution in [2.45, 2.75) is 19.1 Å². The number of hydrogen-bond acceptors (Lipinski definition) is 2. The summed E-state index contributed by atoms with van der Waals surface area (Å²) in [4.78, 5) is 0. The smallest absolute Gasteiger partial charge is 0.154 e. The minimum atomic E-state index is -3.30. The van der Waals surface area contributed by atoms with E-state index < -0.39 is 21.5 Å². The summed E-state index contributed by atoms with van der Waals surface area (Å²) in [6.07, 6.45) is 0.488. The van der Waals surface area contributed by atoms with Crippen molar-refractivity contribution in [1.82, 2.24) is 0 Å². The summed E-state index contributed by atoms with van der Waals surface area (Å²) in [5.41, 5.74) is 0.0271. The Morgan fingerprint density at radius 2 is 1.94 bits per heavy atom. The lowest BCUT2D eigenvalue weighted by Crippen LogP contribution is -2.10. The molecule has 0 fully saturated rings. The van der Waals surface area contributed by atoms with Crippen LogP contribution in [-0.2, 0) is 15.6 Å². The second-order valence-electron chi connectivity index (χ2n) is 3.43. The van der Waals surface area contributed by atoms with E-state index >= 15 is 0 Å². The molecule has 90 valence electrons. The molecule has 1 aromatic rings. The Balaban J connectivity index is 3.04. The summed E-state index contributed by atoms with van der Waals surface area (Å²) in [5, 5.41) is 0. The van der Waals surface area contributed by atoms with Gasteiger partial charge in [-0.05, 0) is 35.1 Å². The van der Waals surface area contributed by atoms with Crippen molar-refractivity contribution in [3.63, 3.8) is 0 Å². The van der Waals surface area contributed by atoms with Gasteiger partial charge in [0.25, 0.3) is 0 Å². The number of benzene rings is 1. The van der Waals surface area contributed by atoms with Gasteiger partial charge in [-0.25, -0.2) is 17.2 Å². The maximum Gasteiger partial charge on any atom is 0.154 e. The van der Waals surface area contributed by atoms with E-state index in [1.165, 1.54) is 28.7 Å². The molecule has 0 radical (unpaired) electrons. The first-order valence-electron chi connectivity index (χ1n) is 4.70. The molecule has 0 aromatic heterocycles. The van der Waals surface area contributed by atoms with E-state index in [9.17, 15) is 17.2 Å². The van der Waals surface area contributed by atoms with E-state index in [2.05, 4.69) is 0 Å². The van der Waals surface area contributed by atoms with Crippen molar-refractivity contribution >= 4 is 32.4 Å². The molecule has 0 aliphatic heterocycles. The first kappa shape index (κ1) is 13.8. The molecule has 0 spiro atoms. The van der Waals surface area contributed by atoms with Crippen LogP contribution >= 0.6 is 22.6 Å². The Hall–Kier alpha value is -0.240. The lowest BCUT2D eigenvalue weighted by Gasteiger charge is -2.06. The van der Waals surface area contributed by atoms with E-state index in [-0.39, 0.29) is 20.6 Å². The summed E-state index contributed by atoms with van der Waals surface area (Å²) >= 11 is 1.52. The van der Waals surface area contributed by atoms with Gasteiger partial charge in [-0.2, -0.15) is 0 Å². The van der Waals surface area contributed by atoms with Gasteiger partial charge in [0.05, 0.1) is 15.1 Å². The highest BCUT2D eigenvalue weighted by atomic mass is 127. The highest BCUT2D eigenvalue weighted by Gasteiger charge is 2.17. The average Bonchev–Trinajstić information content (AvgIpc) is 2.19. The molecule has 0 bridgehead atoms. The van der Waals surface area contributed by atoms with Crippen LogP contribution in [-0.4, -0.2) is 14.2 Å². The number of rotatable bonds is 4. The molecule has 0 N–H and O–H groups in total. The summed E-state index contributed by atoms with van der Waals surface area (Å²) in [5.74, 6) is -1.81. The predicted molar refractivity (Wildman–Crippen MR) is 66.9 cm³/mol. The van der Waals surface area contributed by atoms with Crippen LogP contribution in [0.2, 0.25) is 0 Å². The summed E-state index contributed by atoms with van der Waals surface area (Å²) in [6, 6.07) is 2.27. The van der Waals surface area contributed by atoms with E-state index in [1.54, 1.807) is 6.92 Å². The second-order valence-corrected chi connectivity index (χ2v) is 6.69. The normalized spacial score (nSPS) is 11.8. The Morgan fingerprint density at radius 1 is 1.31 bits per heavy atom. The van der Waals surface area contributed by atoms with E-state index in [4.69, 9.17) is 0 Å². The zero-order valence-electron chi connectivity index (χ0n) is 8.63. The van der Waals surface area contributed by atoms with Gasteiger partial charge in [0, 0.05) is 5.56 Å². The van der Waals surface area contributed by atoms with Gasteiger partial charge in [-0.3, -0.25) is 0 Å². The molecular weight excluding hydrogens is 349 g/mol. The zero-order chi connectivity index (χ0) is 12.3. The quantitative estimate of drug-likeness (QED) is 0.611. The van der Waals surface area contributed by atoms with Crippen molar-refractivity contribution in [2.75, 3.05) is 5.75 Å². The fraction of sp³-hybridized carbons (Fsp3) is 0.400. The molecule has 0 amide bonds. The maximum absolute atomic E-state index is 13.5. The minimum absolute atomic E-state index is 0.0143. The van der Waals surface area contributed by atoms with Crippen LogP contribution in [0.3, 0.4) is 0 Å². The first-order chi connectivity index (χ1) is 7.37. The molecule has 1 aromatic carbocycles. The van der Waals surface area contributed by atoms with Crippen molar-refractivity contribution in [1.29, 1.82) is 0 Å². The largest absolute Gasteiger partial charge is 0.228 e. The highest BCUT2D eigenvalue weighted by Crippen LogP contribution is 2.20. The fourth-order valence-electron chi connectivity index (χ4n) is 1.30. The van der Waals surface area contributed by atoms with E-state index in [1.807, 2.05) is 0 Å². The van der Waals surface area contributed by atoms with Gasteiger partial charge in [-0.15, -0.1) is 0 Å². The lowest BCUT2D eigenvalue weighted by atomic mass is 10.2. The summed E-state index contributed by atoms with van der Waals surface area (Å²) in [7, 11) is -3.30. The third-order valence-corrected chi connectivity index (χ3v) is 4.78. The maximum atomic E-state index is 13.5. The lowest BCUT2D eigenvalue weighted by molar-refractivity contribution is 0.558. The Bertz CT molecular complexity index is 486. The van der Waals surface area contributed by atoms with Crippen molar-refractivity contribution in [3.8, 4) is 0 Å². The molecule has 0 saturated carbocycles. The average molecular weight is 360 g/mol. The van der Waals surface area contributed by atoms with Crippen molar-refractivity contribution in [3.05, 3.63) is 32.9 Å². The Kier molecular flexibility index (Phi) is 4.66. The number of halogens is 3. The molecule has 0 saturated heterocycles. The topological polar surface area (TPSA) is 34.1 Å². The molecule has 6 heteroatoms. The third-order valence-electron chi connectivity index (χ3n) is 2.01. The highest BCUT2D eigenvalue weighted by molar-refractivity contribution is 14.1. The van der Waals surface area contributed by atoms with Gasteiger partial charge < -0.3 is 0 Å². The second kappa shape index (κ2) is 5.39. The number of hydrogen-bond donors (Lipinski definition) is 0. The van der Waals surface area contributed by atoms with Gasteiger partial charge in [0.1, 0.15) is 11.6 Å². The van der Waals surface area contributed by atoms with Crippen LogP contribution in [0.25, 0.3) is 0 Å². The third kappa shape index (κ3) is 3.38. The van der Waals surface area contributed by atoms with Crippen LogP contribution < -0.4 is 0 Å². The number of sulfone groups is 1. The van der Waals surface area contributed by atoms with Crippen molar-refractivity contribution < 1.29 is 17.2 Å². The predicted octanol–water partition coefficient (Wildman–Crippen LogP) is 2.89. The molecule has 16 heavy (non-hydrogen) atoms. The molecule has 0 unspecified atom stereocenters. The van der Waals surface area contributed by atoms with E-state index in [0.29, 0.717) is 6.42 Å². The Labute approximate surface area is 107 Å². The van der Waals surface area contributed by atoms with Crippen LogP contribution in [0.1, 0.15) is 18.9 Å². The zero-order valence-corrected chi connectivity index (χ0v) is 11.6. The van der Waals surface area contributed by atoms with Crippen LogP contribution in [0.4, 0.5) is 8.78 Å². The SMILES string of the molecule is CCCS(=O)(=O)Cc1ccc(F)c(I)c1F. The molecule has 0 aliphatic carbocycles. The molecule has 0 atom stereocenters. The van der Waals surface area contributed by atoms with E-state index in [0.717, 1.165) is 6.07 Å². The van der Waals surface area contributed by atoms with Gasteiger partial charge in [-0.1, -0.05) is 13.0 Å². The molecule has 0 heterocycles. The van der Waals surface area contributed by atoms with Crippen LogP contribution in [0.15, 0.2) is 12.1 Å². The monoisotopic (exact) mass is 360 g/mol. The van der Waals surface area contributed by atoms with Crippen molar-refractivity contribution in [2.24, 2.45) is 0 Å².